The summed E-state index contributed by atoms with van der Waals surface area (Å²) in [6.07, 6.45) is 2.59. The highest BCUT2D eigenvalue weighted by atomic mass is 16.4. The highest BCUT2D eigenvalue weighted by Gasteiger charge is 2.10. The summed E-state index contributed by atoms with van der Waals surface area (Å²) in [6.45, 7) is 1.81. The highest BCUT2D eigenvalue weighted by Crippen LogP contribution is 2.18. The third-order valence-electron chi connectivity index (χ3n) is 1.30. The van der Waals surface area contributed by atoms with Crippen LogP contribution in [0, 0.1) is 6.92 Å². The smallest absolute Gasteiger partial charge is 0.285 e. The molecule has 0 aliphatic heterocycles. The van der Waals surface area contributed by atoms with Crippen LogP contribution in [0.15, 0.2) is 21.6 Å². The van der Waals surface area contributed by atoms with Gasteiger partial charge in [0.25, 0.3) is 5.89 Å². The number of oxazole rings is 1. The minimum absolute atomic E-state index is 0.361. The van der Waals surface area contributed by atoms with Crippen molar-refractivity contribution in [1.29, 1.82) is 0 Å². The number of aryl methyl sites for hydroxylation is 1. The lowest BCUT2D eigenvalue weighted by molar-refractivity contribution is 0.512. The van der Waals surface area contributed by atoms with Crippen LogP contribution in [-0.4, -0.2) is 15.2 Å². The van der Waals surface area contributed by atoms with Gasteiger partial charge in [0.1, 0.15) is 0 Å². The van der Waals surface area contributed by atoms with Crippen molar-refractivity contribution >= 4 is 0 Å². The van der Waals surface area contributed by atoms with Crippen molar-refractivity contribution in [2.45, 2.75) is 6.92 Å². The quantitative estimate of drug-likeness (QED) is 0.609. The van der Waals surface area contributed by atoms with E-state index in [0.717, 1.165) is 5.69 Å². The molecule has 0 spiro atoms. The van der Waals surface area contributed by atoms with Crippen LogP contribution in [0.3, 0.4) is 0 Å². The molecule has 2 aromatic rings. The van der Waals surface area contributed by atoms with Gasteiger partial charge in [-0.2, -0.15) is 0 Å². The molecule has 0 bridgehead atoms. The zero-order chi connectivity index (χ0) is 7.68. The van der Waals surface area contributed by atoms with Crippen LogP contribution < -0.4 is 0 Å². The number of hydrogen-bond donors (Lipinski definition) is 0. The minimum atomic E-state index is 0.361. The molecule has 0 unspecified atom stereocenters. The summed E-state index contributed by atoms with van der Waals surface area (Å²) in [5, 5.41) is 7.18. The topological polar surface area (TPSA) is 65.0 Å². The van der Waals surface area contributed by atoms with E-state index in [4.69, 9.17) is 8.83 Å². The standard InChI is InChI=1S/C6H5N3O2/c1-4-5(10-2-7-4)6-9-8-3-11-6/h2-3H,1H3. The molecule has 0 aliphatic rings. The molecule has 2 heterocycles. The van der Waals surface area contributed by atoms with E-state index in [1.54, 1.807) is 0 Å². The van der Waals surface area contributed by atoms with Gasteiger partial charge in [0.05, 0.1) is 5.69 Å². The molecule has 0 amide bonds. The Bertz CT molecular complexity index is 338. The van der Waals surface area contributed by atoms with E-state index in [9.17, 15) is 0 Å². The monoisotopic (exact) mass is 151 g/mol. The number of hydrogen-bond acceptors (Lipinski definition) is 5. The van der Waals surface area contributed by atoms with E-state index < -0.39 is 0 Å². The molecular formula is C6H5N3O2. The first-order valence-corrected chi connectivity index (χ1v) is 3.04. The van der Waals surface area contributed by atoms with E-state index in [1.165, 1.54) is 12.8 Å². The van der Waals surface area contributed by atoms with Crippen molar-refractivity contribution in [1.82, 2.24) is 15.2 Å². The van der Waals surface area contributed by atoms with Crippen LogP contribution in [-0.2, 0) is 0 Å². The molecule has 0 radical (unpaired) electrons. The Morgan fingerprint density at radius 2 is 2.18 bits per heavy atom. The first-order chi connectivity index (χ1) is 5.38. The van der Waals surface area contributed by atoms with Crippen molar-refractivity contribution in [2.75, 3.05) is 0 Å². The lowest BCUT2D eigenvalue weighted by atomic mass is 10.4. The first-order valence-electron chi connectivity index (χ1n) is 3.04. The molecule has 5 nitrogen and oxygen atoms in total. The van der Waals surface area contributed by atoms with Gasteiger partial charge in [-0.1, -0.05) is 0 Å². The minimum Gasteiger partial charge on any atom is -0.438 e. The molecule has 5 heteroatoms. The lowest BCUT2D eigenvalue weighted by Crippen LogP contribution is -1.78. The van der Waals surface area contributed by atoms with E-state index in [0.29, 0.717) is 11.7 Å². The fourth-order valence-corrected chi connectivity index (χ4v) is 0.779. The Hall–Kier alpha value is -1.65. The average Bonchev–Trinajstić information content (AvgIpc) is 2.55. The zero-order valence-corrected chi connectivity index (χ0v) is 5.81. The van der Waals surface area contributed by atoms with Crippen molar-refractivity contribution in [3.8, 4) is 11.7 Å². The van der Waals surface area contributed by atoms with Crippen molar-refractivity contribution in [3.05, 3.63) is 18.5 Å². The van der Waals surface area contributed by atoms with Gasteiger partial charge in [-0.25, -0.2) is 4.98 Å². The summed E-state index contributed by atoms with van der Waals surface area (Å²) in [6, 6.07) is 0. The molecule has 2 rings (SSSR count). The van der Waals surface area contributed by atoms with E-state index in [-0.39, 0.29) is 0 Å². The first kappa shape index (κ1) is 6.09. The number of rotatable bonds is 1. The van der Waals surface area contributed by atoms with Gasteiger partial charge in [-0.3, -0.25) is 0 Å². The van der Waals surface area contributed by atoms with Crippen LogP contribution in [0.5, 0.6) is 0 Å². The highest BCUT2D eigenvalue weighted by molar-refractivity contribution is 5.45. The normalized spacial score (nSPS) is 10.3. The molecule has 0 saturated heterocycles. The molecule has 56 valence electrons. The van der Waals surface area contributed by atoms with Crippen molar-refractivity contribution in [3.63, 3.8) is 0 Å². The Morgan fingerprint density at radius 3 is 2.73 bits per heavy atom. The number of aromatic nitrogens is 3. The summed E-state index contributed by atoms with van der Waals surface area (Å²) < 4.78 is 9.90. The lowest BCUT2D eigenvalue weighted by Gasteiger charge is -1.85. The maximum Gasteiger partial charge on any atom is 0.285 e. The van der Waals surface area contributed by atoms with Crippen LogP contribution >= 0.6 is 0 Å². The Morgan fingerprint density at radius 1 is 1.27 bits per heavy atom. The number of nitrogens with zero attached hydrogens (tertiary/aromatic N) is 3. The van der Waals surface area contributed by atoms with Gasteiger partial charge in [-0.05, 0) is 6.92 Å². The molecule has 2 aromatic heterocycles. The third-order valence-corrected chi connectivity index (χ3v) is 1.30. The largest absolute Gasteiger partial charge is 0.438 e. The second kappa shape index (κ2) is 2.19. The van der Waals surface area contributed by atoms with Gasteiger partial charge in [0, 0.05) is 0 Å². The van der Waals surface area contributed by atoms with Crippen LogP contribution in [0.2, 0.25) is 0 Å². The van der Waals surface area contributed by atoms with Gasteiger partial charge in [0.15, 0.2) is 6.39 Å². The predicted molar refractivity (Wildman–Crippen MR) is 34.5 cm³/mol. The molecule has 0 aliphatic carbocycles. The zero-order valence-electron chi connectivity index (χ0n) is 5.81. The van der Waals surface area contributed by atoms with E-state index in [1.807, 2.05) is 6.92 Å². The summed E-state index contributed by atoms with van der Waals surface area (Å²) in [5.41, 5.74) is 0.745. The second-order valence-corrected chi connectivity index (χ2v) is 2.01. The summed E-state index contributed by atoms with van der Waals surface area (Å²) in [7, 11) is 0. The molecule has 0 atom stereocenters. The Balaban J connectivity index is 2.53. The van der Waals surface area contributed by atoms with E-state index in [2.05, 4.69) is 15.2 Å². The second-order valence-electron chi connectivity index (χ2n) is 2.01. The summed E-state index contributed by atoms with van der Waals surface area (Å²) >= 11 is 0. The fourth-order valence-electron chi connectivity index (χ4n) is 0.779. The van der Waals surface area contributed by atoms with Crippen LogP contribution in [0.25, 0.3) is 11.7 Å². The van der Waals surface area contributed by atoms with Gasteiger partial charge < -0.3 is 8.83 Å². The molecule has 0 N–H and O–H groups in total. The molecular weight excluding hydrogens is 146 g/mol. The molecule has 0 aromatic carbocycles. The SMILES string of the molecule is Cc1ncoc1-c1nnco1. The van der Waals surface area contributed by atoms with Gasteiger partial charge in [0.2, 0.25) is 12.2 Å². The average molecular weight is 151 g/mol. The van der Waals surface area contributed by atoms with Gasteiger partial charge >= 0.3 is 0 Å². The van der Waals surface area contributed by atoms with Crippen molar-refractivity contribution < 1.29 is 8.83 Å². The van der Waals surface area contributed by atoms with E-state index >= 15 is 0 Å². The van der Waals surface area contributed by atoms with Crippen molar-refractivity contribution in [2.24, 2.45) is 0 Å². The summed E-state index contributed by atoms with van der Waals surface area (Å²) in [4.78, 5) is 3.88. The maximum absolute atomic E-state index is 5.00. The summed E-state index contributed by atoms with van der Waals surface area (Å²) in [5.74, 6) is 0.891. The predicted octanol–water partition coefficient (Wildman–Crippen LogP) is 1.03. The molecule has 0 fully saturated rings. The third kappa shape index (κ3) is 0.899. The van der Waals surface area contributed by atoms with Crippen LogP contribution in [0.4, 0.5) is 0 Å². The molecule has 11 heavy (non-hydrogen) atoms. The Labute approximate surface area is 62.1 Å². The Kier molecular flexibility index (Phi) is 1.21. The molecule has 0 saturated carbocycles. The fraction of sp³-hybridized carbons (Fsp3) is 0.167. The van der Waals surface area contributed by atoms with Crippen LogP contribution in [0.1, 0.15) is 5.69 Å². The maximum atomic E-state index is 5.00. The van der Waals surface area contributed by atoms with Gasteiger partial charge in [-0.15, -0.1) is 10.2 Å².